The third kappa shape index (κ3) is 1.29. The van der Waals surface area contributed by atoms with Gasteiger partial charge >= 0.3 is 0 Å². The highest BCUT2D eigenvalue weighted by atomic mass is 14.7. The Labute approximate surface area is 99.4 Å². The van der Waals surface area contributed by atoms with Crippen molar-refractivity contribution < 1.29 is 0 Å². The maximum Gasteiger partial charge on any atom is 0.0517 e. The van der Waals surface area contributed by atoms with E-state index < -0.39 is 0 Å². The quantitative estimate of drug-likeness (QED) is 0.514. The average Bonchev–Trinajstić information content (AvgIpc) is 2.65. The minimum atomic E-state index is 0.785. The zero-order valence-corrected chi connectivity index (χ0v) is 9.96. The highest BCUT2D eigenvalue weighted by Crippen LogP contribution is 2.33. The Morgan fingerprint density at radius 3 is 2.59 bits per heavy atom. The van der Waals surface area contributed by atoms with Gasteiger partial charge < -0.3 is 16.5 Å². The highest BCUT2D eigenvalue weighted by Gasteiger charge is 2.11. The van der Waals surface area contributed by atoms with Gasteiger partial charge in [0, 0.05) is 27.7 Å². The van der Waals surface area contributed by atoms with Crippen LogP contribution < -0.4 is 11.5 Å². The fraction of sp³-hybridized carbons (Fsp3) is 0.143. The summed E-state index contributed by atoms with van der Waals surface area (Å²) in [6.45, 7) is 4.12. The van der Waals surface area contributed by atoms with Gasteiger partial charge in [0.1, 0.15) is 0 Å². The van der Waals surface area contributed by atoms with E-state index in [4.69, 9.17) is 11.5 Å². The van der Waals surface area contributed by atoms with Gasteiger partial charge in [-0.05, 0) is 49.2 Å². The Morgan fingerprint density at radius 2 is 1.82 bits per heavy atom. The second-order valence-electron chi connectivity index (χ2n) is 4.59. The number of aromatic nitrogens is 1. The van der Waals surface area contributed by atoms with E-state index in [-0.39, 0.29) is 0 Å². The molecule has 0 bridgehead atoms. The first-order valence-electron chi connectivity index (χ1n) is 5.64. The van der Waals surface area contributed by atoms with Crippen molar-refractivity contribution in [3.05, 3.63) is 35.4 Å². The van der Waals surface area contributed by atoms with Gasteiger partial charge in [-0.25, -0.2) is 0 Å². The minimum Gasteiger partial charge on any atom is -0.399 e. The number of aromatic amines is 1. The fourth-order valence-corrected chi connectivity index (χ4v) is 2.46. The van der Waals surface area contributed by atoms with E-state index >= 15 is 0 Å². The van der Waals surface area contributed by atoms with Gasteiger partial charge in [-0.2, -0.15) is 0 Å². The van der Waals surface area contributed by atoms with Crippen LogP contribution in [-0.2, 0) is 0 Å². The molecule has 2 aromatic carbocycles. The SMILES string of the molecule is Cc1c(N)cc(C)c2c1[nH]c1ccc(N)cc12. The molecule has 17 heavy (non-hydrogen) atoms. The summed E-state index contributed by atoms with van der Waals surface area (Å²) in [5.41, 5.74) is 18.0. The molecule has 0 fully saturated rings. The van der Waals surface area contributed by atoms with E-state index in [0.29, 0.717) is 0 Å². The molecule has 3 nitrogen and oxygen atoms in total. The van der Waals surface area contributed by atoms with Gasteiger partial charge in [0.15, 0.2) is 0 Å². The van der Waals surface area contributed by atoms with Crippen molar-refractivity contribution in [2.75, 3.05) is 11.5 Å². The lowest BCUT2D eigenvalue weighted by molar-refractivity contribution is 1.42. The Balaban J connectivity index is 2.61. The van der Waals surface area contributed by atoms with Crippen LogP contribution in [0.4, 0.5) is 11.4 Å². The topological polar surface area (TPSA) is 67.8 Å². The smallest absolute Gasteiger partial charge is 0.0517 e. The Kier molecular flexibility index (Phi) is 1.87. The van der Waals surface area contributed by atoms with Crippen LogP contribution in [0.15, 0.2) is 24.3 Å². The summed E-state index contributed by atoms with van der Waals surface area (Å²) in [5.74, 6) is 0. The number of nitrogen functional groups attached to an aromatic ring is 2. The number of rotatable bonds is 0. The van der Waals surface area contributed by atoms with Gasteiger partial charge in [-0.1, -0.05) is 0 Å². The molecule has 3 aromatic rings. The van der Waals surface area contributed by atoms with Crippen molar-refractivity contribution in [3.63, 3.8) is 0 Å². The molecule has 0 unspecified atom stereocenters. The number of H-pyrrole nitrogens is 1. The van der Waals surface area contributed by atoms with Crippen LogP contribution in [0, 0.1) is 13.8 Å². The number of benzene rings is 2. The Hall–Kier alpha value is -2.16. The molecular formula is C14H15N3. The van der Waals surface area contributed by atoms with E-state index in [1.165, 1.54) is 16.3 Å². The number of hydrogen-bond acceptors (Lipinski definition) is 2. The standard InChI is InChI=1S/C14H15N3/c1-7-5-11(16)8(2)14-13(7)10-6-9(15)3-4-12(10)17-14/h3-6,17H,15-16H2,1-2H3. The number of hydrogen-bond donors (Lipinski definition) is 3. The molecule has 1 aromatic heterocycles. The first-order chi connectivity index (χ1) is 8.08. The van der Waals surface area contributed by atoms with Crippen molar-refractivity contribution in [3.8, 4) is 0 Å². The molecule has 0 spiro atoms. The van der Waals surface area contributed by atoms with Crippen LogP contribution in [0.1, 0.15) is 11.1 Å². The van der Waals surface area contributed by atoms with Crippen LogP contribution in [0.25, 0.3) is 21.8 Å². The second kappa shape index (κ2) is 3.17. The maximum atomic E-state index is 5.99. The predicted molar refractivity (Wildman–Crippen MR) is 74.1 cm³/mol. The van der Waals surface area contributed by atoms with Crippen LogP contribution >= 0.6 is 0 Å². The maximum absolute atomic E-state index is 5.99. The van der Waals surface area contributed by atoms with E-state index in [1.54, 1.807) is 0 Å². The Bertz CT molecular complexity index is 738. The van der Waals surface area contributed by atoms with E-state index in [9.17, 15) is 0 Å². The molecule has 1 heterocycles. The van der Waals surface area contributed by atoms with Crippen LogP contribution in [-0.4, -0.2) is 4.98 Å². The van der Waals surface area contributed by atoms with Gasteiger partial charge in [-0.15, -0.1) is 0 Å². The third-order valence-electron chi connectivity index (χ3n) is 3.40. The molecule has 0 amide bonds. The summed E-state index contributed by atoms with van der Waals surface area (Å²) in [4.78, 5) is 3.42. The van der Waals surface area contributed by atoms with Crippen molar-refractivity contribution in [2.45, 2.75) is 13.8 Å². The summed E-state index contributed by atoms with van der Waals surface area (Å²) in [6.07, 6.45) is 0. The molecular weight excluding hydrogens is 210 g/mol. The summed E-state index contributed by atoms with van der Waals surface area (Å²) < 4.78 is 0. The molecule has 0 aliphatic rings. The molecule has 0 atom stereocenters. The van der Waals surface area contributed by atoms with Gasteiger partial charge in [-0.3, -0.25) is 0 Å². The van der Waals surface area contributed by atoms with Crippen molar-refractivity contribution in [2.24, 2.45) is 0 Å². The molecule has 3 heteroatoms. The molecule has 3 rings (SSSR count). The largest absolute Gasteiger partial charge is 0.399 e. The van der Waals surface area contributed by atoms with E-state index in [0.717, 1.165) is 28.0 Å². The summed E-state index contributed by atoms with van der Waals surface area (Å²) in [5, 5.41) is 2.39. The third-order valence-corrected chi connectivity index (χ3v) is 3.40. The summed E-state index contributed by atoms with van der Waals surface area (Å²) in [6, 6.07) is 7.95. The molecule has 0 saturated carbocycles. The van der Waals surface area contributed by atoms with Crippen molar-refractivity contribution >= 4 is 33.2 Å². The zero-order valence-electron chi connectivity index (χ0n) is 9.96. The zero-order chi connectivity index (χ0) is 12.2. The van der Waals surface area contributed by atoms with Crippen LogP contribution in [0.2, 0.25) is 0 Å². The van der Waals surface area contributed by atoms with E-state index in [1.807, 2.05) is 31.2 Å². The molecule has 0 aliphatic heterocycles. The predicted octanol–water partition coefficient (Wildman–Crippen LogP) is 3.10. The Morgan fingerprint density at radius 1 is 1.06 bits per heavy atom. The number of nitrogens with one attached hydrogen (secondary N) is 1. The van der Waals surface area contributed by atoms with Gasteiger partial charge in [0.25, 0.3) is 0 Å². The lowest BCUT2D eigenvalue weighted by Gasteiger charge is -2.05. The van der Waals surface area contributed by atoms with Crippen LogP contribution in [0.5, 0.6) is 0 Å². The first kappa shape index (κ1) is 10.0. The second-order valence-corrected chi connectivity index (χ2v) is 4.59. The monoisotopic (exact) mass is 225 g/mol. The summed E-state index contributed by atoms with van der Waals surface area (Å²) >= 11 is 0. The highest BCUT2D eigenvalue weighted by molar-refractivity contribution is 6.11. The lowest BCUT2D eigenvalue weighted by Crippen LogP contribution is -1.91. The molecule has 0 radical (unpaired) electrons. The lowest BCUT2D eigenvalue weighted by atomic mass is 10.0. The normalized spacial score (nSPS) is 11.4. The number of nitrogens with two attached hydrogens (primary N) is 2. The number of anilines is 2. The van der Waals surface area contributed by atoms with Gasteiger partial charge in [0.2, 0.25) is 0 Å². The summed E-state index contributed by atoms with van der Waals surface area (Å²) in [7, 11) is 0. The number of fused-ring (bicyclic) bond motifs is 3. The van der Waals surface area contributed by atoms with Crippen molar-refractivity contribution in [1.29, 1.82) is 0 Å². The van der Waals surface area contributed by atoms with E-state index in [2.05, 4.69) is 11.9 Å². The fourth-order valence-electron chi connectivity index (χ4n) is 2.46. The molecule has 0 aliphatic carbocycles. The average molecular weight is 225 g/mol. The van der Waals surface area contributed by atoms with Crippen LogP contribution in [0.3, 0.4) is 0 Å². The molecule has 0 saturated heterocycles. The van der Waals surface area contributed by atoms with Gasteiger partial charge in [0.05, 0.1) is 5.52 Å². The molecule has 5 N–H and O–H groups in total. The molecule has 86 valence electrons. The van der Waals surface area contributed by atoms with Crippen molar-refractivity contribution in [1.82, 2.24) is 4.98 Å². The first-order valence-corrected chi connectivity index (χ1v) is 5.64. The minimum absolute atomic E-state index is 0.785. The number of aryl methyl sites for hydroxylation is 2.